The lowest BCUT2D eigenvalue weighted by molar-refractivity contribution is -0.191. The van der Waals surface area contributed by atoms with Gasteiger partial charge < -0.3 is 9.47 Å². The van der Waals surface area contributed by atoms with E-state index in [0.29, 0.717) is 11.8 Å². The number of hydrogen-bond acceptors (Lipinski definition) is 2. The molecule has 0 N–H and O–H groups in total. The van der Waals surface area contributed by atoms with Gasteiger partial charge in [-0.3, -0.25) is 0 Å². The van der Waals surface area contributed by atoms with E-state index in [4.69, 9.17) is 9.47 Å². The molecule has 0 aromatic rings. The molecule has 0 spiro atoms. The zero-order chi connectivity index (χ0) is 10.9. The third-order valence-corrected chi connectivity index (χ3v) is 2.77. The lowest BCUT2D eigenvalue weighted by atomic mass is 9.88. The van der Waals surface area contributed by atoms with E-state index in [-0.39, 0.29) is 18.0 Å². The van der Waals surface area contributed by atoms with E-state index in [1.54, 1.807) is 0 Å². The van der Waals surface area contributed by atoms with Crippen molar-refractivity contribution < 1.29 is 9.47 Å². The van der Waals surface area contributed by atoms with Gasteiger partial charge >= 0.3 is 0 Å². The maximum Gasteiger partial charge on any atom is 0.161 e. The minimum absolute atomic E-state index is 0.00926. The van der Waals surface area contributed by atoms with Crippen molar-refractivity contribution in [2.45, 2.75) is 66.0 Å². The standard InChI is InChI=1S/C12H24O2/c1-8(2)10-7-12(5,6)14-11(10)13-9(3)4/h8-11H,7H2,1-6H3. The van der Waals surface area contributed by atoms with Gasteiger partial charge in [-0.05, 0) is 40.0 Å². The lowest BCUT2D eigenvalue weighted by Gasteiger charge is -2.24. The van der Waals surface area contributed by atoms with E-state index < -0.39 is 0 Å². The minimum atomic E-state index is -0.0194. The van der Waals surface area contributed by atoms with Crippen LogP contribution in [0, 0.1) is 11.8 Å². The van der Waals surface area contributed by atoms with Gasteiger partial charge in [-0.2, -0.15) is 0 Å². The number of hydrogen-bond donors (Lipinski definition) is 0. The summed E-state index contributed by atoms with van der Waals surface area (Å²) in [6.45, 7) is 12.9. The van der Waals surface area contributed by atoms with E-state index in [9.17, 15) is 0 Å². The molecule has 2 unspecified atom stereocenters. The molecule has 14 heavy (non-hydrogen) atoms. The molecule has 0 bridgehead atoms. The molecule has 84 valence electrons. The van der Waals surface area contributed by atoms with Crippen molar-refractivity contribution >= 4 is 0 Å². The van der Waals surface area contributed by atoms with Crippen molar-refractivity contribution in [1.29, 1.82) is 0 Å². The quantitative estimate of drug-likeness (QED) is 0.696. The van der Waals surface area contributed by atoms with Gasteiger partial charge in [0.05, 0.1) is 11.7 Å². The summed E-state index contributed by atoms with van der Waals surface area (Å²) in [7, 11) is 0. The zero-order valence-corrected chi connectivity index (χ0v) is 10.3. The number of rotatable bonds is 3. The van der Waals surface area contributed by atoms with Gasteiger partial charge in [0, 0.05) is 5.92 Å². The van der Waals surface area contributed by atoms with E-state index in [1.165, 1.54) is 0 Å². The largest absolute Gasteiger partial charge is 0.350 e. The van der Waals surface area contributed by atoms with Crippen molar-refractivity contribution in [2.75, 3.05) is 0 Å². The summed E-state index contributed by atoms with van der Waals surface area (Å²) >= 11 is 0. The van der Waals surface area contributed by atoms with Crippen molar-refractivity contribution in [3.8, 4) is 0 Å². The molecule has 0 aromatic carbocycles. The summed E-state index contributed by atoms with van der Waals surface area (Å²) in [5, 5.41) is 0. The maximum atomic E-state index is 5.91. The van der Waals surface area contributed by atoms with Crippen molar-refractivity contribution in [2.24, 2.45) is 11.8 Å². The summed E-state index contributed by atoms with van der Waals surface area (Å²) in [5.41, 5.74) is -0.0194. The normalized spacial score (nSPS) is 31.7. The van der Waals surface area contributed by atoms with Crippen LogP contribution in [0.1, 0.15) is 48.0 Å². The highest BCUT2D eigenvalue weighted by Gasteiger charge is 2.42. The van der Waals surface area contributed by atoms with E-state index in [2.05, 4.69) is 41.5 Å². The Balaban J connectivity index is 2.63. The molecule has 0 saturated carbocycles. The molecule has 0 amide bonds. The topological polar surface area (TPSA) is 18.5 Å². The smallest absolute Gasteiger partial charge is 0.161 e. The fraction of sp³-hybridized carbons (Fsp3) is 1.00. The van der Waals surface area contributed by atoms with Crippen molar-refractivity contribution in [3.05, 3.63) is 0 Å². The van der Waals surface area contributed by atoms with E-state index >= 15 is 0 Å². The highest BCUT2D eigenvalue weighted by atomic mass is 16.7. The Bertz CT molecular complexity index is 185. The molecular formula is C12H24O2. The summed E-state index contributed by atoms with van der Waals surface area (Å²) in [5.74, 6) is 1.16. The molecule has 1 aliphatic rings. The Labute approximate surface area is 88.0 Å². The van der Waals surface area contributed by atoms with Crippen LogP contribution < -0.4 is 0 Å². The van der Waals surface area contributed by atoms with Gasteiger partial charge in [-0.15, -0.1) is 0 Å². The first kappa shape index (κ1) is 12.0. The second kappa shape index (κ2) is 4.19. The van der Waals surface area contributed by atoms with Crippen LogP contribution in [0.25, 0.3) is 0 Å². The molecule has 0 aromatic heterocycles. The molecule has 1 heterocycles. The first-order chi connectivity index (χ1) is 6.32. The summed E-state index contributed by atoms with van der Waals surface area (Å²) < 4.78 is 11.7. The number of ether oxygens (including phenoxy) is 2. The van der Waals surface area contributed by atoms with Crippen LogP contribution in [0.5, 0.6) is 0 Å². The molecule has 1 rings (SSSR count). The van der Waals surface area contributed by atoms with Crippen LogP contribution >= 0.6 is 0 Å². The van der Waals surface area contributed by atoms with Crippen LogP contribution in [0.4, 0.5) is 0 Å². The molecular weight excluding hydrogens is 176 g/mol. The fourth-order valence-corrected chi connectivity index (χ4v) is 2.06. The monoisotopic (exact) mass is 200 g/mol. The van der Waals surface area contributed by atoms with Crippen LogP contribution in [0.2, 0.25) is 0 Å². The third kappa shape index (κ3) is 2.96. The fourth-order valence-electron chi connectivity index (χ4n) is 2.06. The molecule has 0 radical (unpaired) electrons. The summed E-state index contributed by atoms with van der Waals surface area (Å²) in [4.78, 5) is 0. The third-order valence-electron chi connectivity index (χ3n) is 2.77. The SMILES string of the molecule is CC(C)OC1OC(C)(C)CC1C(C)C. The highest BCUT2D eigenvalue weighted by molar-refractivity contribution is 4.85. The average Bonchev–Trinajstić information content (AvgIpc) is 2.24. The molecule has 2 atom stereocenters. The first-order valence-electron chi connectivity index (χ1n) is 5.65. The Kier molecular flexibility index (Phi) is 3.59. The predicted octanol–water partition coefficient (Wildman–Crippen LogP) is 3.21. The van der Waals surface area contributed by atoms with E-state index in [1.807, 2.05) is 0 Å². The summed E-state index contributed by atoms with van der Waals surface area (Å²) in [6, 6.07) is 0. The van der Waals surface area contributed by atoms with Gasteiger partial charge in [0.2, 0.25) is 0 Å². The van der Waals surface area contributed by atoms with Crippen LogP contribution in [-0.4, -0.2) is 18.0 Å². The van der Waals surface area contributed by atoms with Crippen molar-refractivity contribution in [1.82, 2.24) is 0 Å². The molecule has 0 aliphatic carbocycles. The zero-order valence-electron chi connectivity index (χ0n) is 10.3. The van der Waals surface area contributed by atoms with Gasteiger partial charge in [0.15, 0.2) is 6.29 Å². The first-order valence-corrected chi connectivity index (χ1v) is 5.65. The van der Waals surface area contributed by atoms with Crippen LogP contribution in [0.3, 0.4) is 0 Å². The second-order valence-electron chi connectivity index (χ2n) is 5.54. The lowest BCUT2D eigenvalue weighted by Crippen LogP contribution is -2.27. The molecule has 1 fully saturated rings. The Morgan fingerprint density at radius 1 is 1.21 bits per heavy atom. The predicted molar refractivity (Wildman–Crippen MR) is 58.1 cm³/mol. The van der Waals surface area contributed by atoms with Crippen LogP contribution in [-0.2, 0) is 9.47 Å². The molecule has 1 aliphatic heterocycles. The molecule has 1 saturated heterocycles. The molecule has 2 heteroatoms. The molecule has 2 nitrogen and oxygen atoms in total. The summed E-state index contributed by atoms with van der Waals surface area (Å²) in [6.07, 6.45) is 1.34. The minimum Gasteiger partial charge on any atom is -0.350 e. The van der Waals surface area contributed by atoms with E-state index in [0.717, 1.165) is 6.42 Å². The Hall–Kier alpha value is -0.0800. The Morgan fingerprint density at radius 2 is 1.79 bits per heavy atom. The highest BCUT2D eigenvalue weighted by Crippen LogP contribution is 2.39. The Morgan fingerprint density at radius 3 is 2.21 bits per heavy atom. The van der Waals surface area contributed by atoms with Gasteiger partial charge in [-0.1, -0.05) is 13.8 Å². The second-order valence-corrected chi connectivity index (χ2v) is 5.54. The van der Waals surface area contributed by atoms with Crippen molar-refractivity contribution in [3.63, 3.8) is 0 Å². The van der Waals surface area contributed by atoms with Gasteiger partial charge in [-0.25, -0.2) is 0 Å². The van der Waals surface area contributed by atoms with Gasteiger partial charge in [0.1, 0.15) is 0 Å². The maximum absolute atomic E-state index is 5.91. The van der Waals surface area contributed by atoms with Crippen LogP contribution in [0.15, 0.2) is 0 Å². The average molecular weight is 200 g/mol. The van der Waals surface area contributed by atoms with Gasteiger partial charge in [0.25, 0.3) is 0 Å².